The van der Waals surface area contributed by atoms with E-state index in [4.69, 9.17) is 0 Å². The van der Waals surface area contributed by atoms with Gasteiger partial charge >= 0.3 is 0 Å². The van der Waals surface area contributed by atoms with Crippen LogP contribution in [0.15, 0.2) is 60.8 Å². The molecule has 3 N–H and O–H groups in total. The molecular weight excluding hydrogens is 855 g/mol. The van der Waals surface area contributed by atoms with Crippen LogP contribution in [0.5, 0.6) is 0 Å². The molecule has 0 fully saturated rings. The molecule has 1 amide bonds. The molecule has 0 aliphatic heterocycles. The topological polar surface area (TPSA) is 69.6 Å². The molecule has 0 aromatic rings. The maximum Gasteiger partial charge on any atom is 0.220 e. The van der Waals surface area contributed by atoms with Crippen LogP contribution in [0.25, 0.3) is 0 Å². The monoisotopic (exact) mass is 978 g/mol. The summed E-state index contributed by atoms with van der Waals surface area (Å²) in [7, 11) is 0. The van der Waals surface area contributed by atoms with E-state index in [1.165, 1.54) is 270 Å². The quantitative estimate of drug-likeness (QED) is 0.0420. The number of hydrogen-bond donors (Lipinski definition) is 3. The van der Waals surface area contributed by atoms with Gasteiger partial charge in [-0.25, -0.2) is 0 Å². The summed E-state index contributed by atoms with van der Waals surface area (Å²) >= 11 is 0. The number of carbonyl (C=O) groups excluding carboxylic acids is 1. The number of aliphatic hydroxyl groups excluding tert-OH is 2. The van der Waals surface area contributed by atoms with Gasteiger partial charge in [-0.3, -0.25) is 4.79 Å². The SMILES string of the molecule is CCCCCCC/C=C\C/C=C\C/C=C\CCCCCCCCCCCCCCCCCCCCC(=O)NC(CO)C(O)/C=C/CC/C=C/CCCCCCCCCCCCCCCCCCCCC. The van der Waals surface area contributed by atoms with Crippen molar-refractivity contribution in [2.45, 2.75) is 347 Å². The van der Waals surface area contributed by atoms with Gasteiger partial charge in [0.1, 0.15) is 0 Å². The van der Waals surface area contributed by atoms with Crippen molar-refractivity contribution in [3.8, 4) is 0 Å². The highest BCUT2D eigenvalue weighted by molar-refractivity contribution is 5.76. The van der Waals surface area contributed by atoms with Crippen LogP contribution in [0.1, 0.15) is 335 Å². The Morgan fingerprint density at radius 2 is 0.600 bits per heavy atom. The minimum absolute atomic E-state index is 0.0696. The Balaban J connectivity index is 3.49. The Morgan fingerprint density at radius 3 is 0.929 bits per heavy atom. The average molecular weight is 979 g/mol. The number of aliphatic hydroxyl groups is 2. The Bertz CT molecular complexity index is 1150. The second-order valence-electron chi connectivity index (χ2n) is 21.5. The molecule has 0 saturated heterocycles. The molecular formula is C66H123NO3. The first kappa shape index (κ1) is 68.1. The third kappa shape index (κ3) is 57.0. The molecule has 2 unspecified atom stereocenters. The normalized spacial score (nSPS) is 13.1. The van der Waals surface area contributed by atoms with Crippen molar-refractivity contribution >= 4 is 5.91 Å². The predicted molar refractivity (Wildman–Crippen MR) is 313 cm³/mol. The third-order valence-electron chi connectivity index (χ3n) is 14.5. The van der Waals surface area contributed by atoms with E-state index in [1.807, 2.05) is 6.08 Å². The predicted octanol–water partition coefficient (Wildman–Crippen LogP) is 21.2. The molecule has 410 valence electrons. The lowest BCUT2D eigenvalue weighted by atomic mass is 10.0. The Labute approximate surface area is 438 Å². The summed E-state index contributed by atoms with van der Waals surface area (Å²) in [6.07, 6.45) is 87.0. The highest BCUT2D eigenvalue weighted by atomic mass is 16.3. The van der Waals surface area contributed by atoms with E-state index in [0.717, 1.165) is 44.9 Å². The molecule has 0 saturated carbocycles. The van der Waals surface area contributed by atoms with E-state index < -0.39 is 12.1 Å². The highest BCUT2D eigenvalue weighted by Gasteiger charge is 2.18. The lowest BCUT2D eigenvalue weighted by molar-refractivity contribution is -0.123. The molecule has 0 aliphatic carbocycles. The average Bonchev–Trinajstić information content (AvgIpc) is 3.36. The molecule has 0 spiro atoms. The van der Waals surface area contributed by atoms with Gasteiger partial charge in [-0.2, -0.15) is 0 Å². The van der Waals surface area contributed by atoms with E-state index in [1.54, 1.807) is 6.08 Å². The van der Waals surface area contributed by atoms with Crippen LogP contribution in [-0.2, 0) is 4.79 Å². The zero-order valence-corrected chi connectivity index (χ0v) is 47.3. The van der Waals surface area contributed by atoms with E-state index in [-0.39, 0.29) is 12.5 Å². The van der Waals surface area contributed by atoms with Gasteiger partial charge in [0.05, 0.1) is 18.8 Å². The zero-order chi connectivity index (χ0) is 50.6. The number of nitrogens with one attached hydrogen (secondary N) is 1. The van der Waals surface area contributed by atoms with E-state index in [0.29, 0.717) is 6.42 Å². The first-order chi connectivity index (χ1) is 34.7. The van der Waals surface area contributed by atoms with Crippen LogP contribution < -0.4 is 5.32 Å². The lowest BCUT2D eigenvalue weighted by Gasteiger charge is -2.19. The second-order valence-corrected chi connectivity index (χ2v) is 21.5. The fraction of sp³-hybridized carbons (Fsp3) is 0.833. The Hall–Kier alpha value is -1.91. The fourth-order valence-corrected chi connectivity index (χ4v) is 9.68. The fourth-order valence-electron chi connectivity index (χ4n) is 9.68. The highest BCUT2D eigenvalue weighted by Crippen LogP contribution is 2.17. The number of hydrogen-bond acceptors (Lipinski definition) is 3. The van der Waals surface area contributed by atoms with Gasteiger partial charge in [-0.05, 0) is 70.6 Å². The van der Waals surface area contributed by atoms with Gasteiger partial charge in [0.2, 0.25) is 5.91 Å². The molecule has 2 atom stereocenters. The van der Waals surface area contributed by atoms with Crippen LogP contribution in [-0.4, -0.2) is 34.9 Å². The van der Waals surface area contributed by atoms with E-state index >= 15 is 0 Å². The van der Waals surface area contributed by atoms with Crippen molar-refractivity contribution in [1.82, 2.24) is 5.32 Å². The molecule has 0 bridgehead atoms. The van der Waals surface area contributed by atoms with E-state index in [2.05, 4.69) is 67.8 Å². The first-order valence-corrected chi connectivity index (χ1v) is 31.5. The largest absolute Gasteiger partial charge is 0.394 e. The molecule has 0 radical (unpaired) electrons. The van der Waals surface area contributed by atoms with Crippen molar-refractivity contribution in [2.75, 3.05) is 6.61 Å². The van der Waals surface area contributed by atoms with E-state index in [9.17, 15) is 15.0 Å². The van der Waals surface area contributed by atoms with Crippen molar-refractivity contribution in [1.29, 1.82) is 0 Å². The van der Waals surface area contributed by atoms with Crippen LogP contribution in [0.4, 0.5) is 0 Å². The number of carbonyl (C=O) groups is 1. The first-order valence-electron chi connectivity index (χ1n) is 31.5. The molecule has 0 aliphatic rings. The summed E-state index contributed by atoms with van der Waals surface area (Å²) in [5.41, 5.74) is 0. The van der Waals surface area contributed by atoms with Crippen LogP contribution in [0.2, 0.25) is 0 Å². The number of amides is 1. The minimum atomic E-state index is -0.864. The maximum atomic E-state index is 12.5. The zero-order valence-electron chi connectivity index (χ0n) is 47.3. The van der Waals surface area contributed by atoms with Gasteiger partial charge in [0.15, 0.2) is 0 Å². The maximum absolute atomic E-state index is 12.5. The summed E-state index contributed by atoms with van der Waals surface area (Å²) < 4.78 is 0. The standard InChI is InChI=1S/C66H123NO3/c1-3-5-7-9-11-13-15-17-19-21-23-25-27-29-30-31-32-33-34-35-36-38-40-42-44-46-48-50-52-54-56-58-60-62-66(70)67-64(63-68)65(69)61-59-57-55-53-51-49-47-45-43-41-39-37-28-26-24-22-20-18-16-14-12-10-8-6-4-2/h15,17,21,23,27,29,51,53,59,61,64-65,68-69H,3-14,16,18-20,22,24-26,28,30-50,52,54-58,60,62-63H2,1-2H3,(H,67,70)/b17-15-,23-21-,29-27-,53-51+,61-59+. The molecule has 0 aromatic carbocycles. The molecule has 0 aromatic heterocycles. The number of unbranched alkanes of at least 4 members (excludes halogenated alkanes) is 43. The Kier molecular flexibility index (Phi) is 59.7. The number of allylic oxidation sites excluding steroid dienone is 9. The molecule has 70 heavy (non-hydrogen) atoms. The second kappa shape index (κ2) is 61.4. The van der Waals surface area contributed by atoms with Crippen molar-refractivity contribution in [2.24, 2.45) is 0 Å². The summed E-state index contributed by atoms with van der Waals surface area (Å²) in [6.45, 7) is 4.32. The number of rotatable bonds is 58. The van der Waals surface area contributed by atoms with Crippen molar-refractivity contribution in [3.05, 3.63) is 60.8 Å². The summed E-state index contributed by atoms with van der Waals surface area (Å²) in [5, 5.41) is 23.2. The van der Waals surface area contributed by atoms with Crippen LogP contribution in [0.3, 0.4) is 0 Å². The van der Waals surface area contributed by atoms with Gasteiger partial charge in [-0.15, -0.1) is 0 Å². The van der Waals surface area contributed by atoms with Crippen LogP contribution >= 0.6 is 0 Å². The minimum Gasteiger partial charge on any atom is -0.394 e. The van der Waals surface area contributed by atoms with Gasteiger partial charge in [0.25, 0.3) is 0 Å². The summed E-state index contributed by atoms with van der Waals surface area (Å²) in [6, 6.07) is -0.641. The van der Waals surface area contributed by atoms with Crippen molar-refractivity contribution in [3.63, 3.8) is 0 Å². The molecule has 0 heterocycles. The van der Waals surface area contributed by atoms with Gasteiger partial charge in [-0.1, -0.05) is 319 Å². The molecule has 0 rings (SSSR count). The third-order valence-corrected chi connectivity index (χ3v) is 14.5. The summed E-state index contributed by atoms with van der Waals surface area (Å²) in [4.78, 5) is 12.5. The molecule has 4 heteroatoms. The molecule has 4 nitrogen and oxygen atoms in total. The van der Waals surface area contributed by atoms with Gasteiger partial charge < -0.3 is 15.5 Å². The smallest absolute Gasteiger partial charge is 0.220 e. The lowest BCUT2D eigenvalue weighted by Crippen LogP contribution is -2.45. The summed E-state index contributed by atoms with van der Waals surface area (Å²) in [5.74, 6) is -0.0696. The van der Waals surface area contributed by atoms with Crippen molar-refractivity contribution < 1.29 is 15.0 Å². The van der Waals surface area contributed by atoms with Gasteiger partial charge in [0, 0.05) is 6.42 Å². The van der Waals surface area contributed by atoms with Crippen LogP contribution in [0, 0.1) is 0 Å². The Morgan fingerprint density at radius 1 is 0.343 bits per heavy atom.